The van der Waals surface area contributed by atoms with Crippen LogP contribution in [0.4, 0.5) is 0 Å². The second kappa shape index (κ2) is 7.40. The van der Waals surface area contributed by atoms with Crippen molar-refractivity contribution in [1.29, 1.82) is 0 Å². The lowest BCUT2D eigenvalue weighted by Crippen LogP contribution is -2.46. The van der Waals surface area contributed by atoms with Crippen molar-refractivity contribution < 1.29 is 9.59 Å². The topological polar surface area (TPSA) is 84.0 Å². The number of nitrogens with one attached hydrogen (secondary N) is 2. The predicted octanol–water partition coefficient (Wildman–Crippen LogP) is 1.22. The molecular weight excluding hydrogens is 288 g/mol. The molecule has 6 nitrogen and oxygen atoms in total. The minimum absolute atomic E-state index is 0.0234. The maximum atomic E-state index is 11.7. The molecule has 0 unspecified atom stereocenters. The van der Waals surface area contributed by atoms with Crippen LogP contribution in [-0.2, 0) is 9.59 Å². The lowest BCUT2D eigenvalue weighted by Gasteiger charge is -2.20. The van der Waals surface area contributed by atoms with Gasteiger partial charge in [-0.2, -0.15) is 0 Å². The molecule has 0 fully saturated rings. The Bertz CT molecular complexity index is 506. The highest BCUT2D eigenvalue weighted by Gasteiger charge is 2.14. The zero-order chi connectivity index (χ0) is 16.0. The maximum Gasteiger partial charge on any atom is 0.239 e. The number of carbonyl (C=O) groups excluding carboxylic acids is 2. The van der Waals surface area contributed by atoms with Gasteiger partial charge in [-0.3, -0.25) is 9.59 Å². The molecule has 2 N–H and O–H groups in total. The predicted molar refractivity (Wildman–Crippen MR) is 83.1 cm³/mol. The monoisotopic (exact) mass is 310 g/mol. The van der Waals surface area contributed by atoms with Crippen molar-refractivity contribution in [3.63, 3.8) is 0 Å². The molecule has 0 aliphatic rings. The number of rotatable bonds is 5. The molecule has 1 aromatic rings. The van der Waals surface area contributed by atoms with Crippen LogP contribution in [0.3, 0.4) is 0 Å². The second-order valence-electron chi connectivity index (χ2n) is 5.80. The van der Waals surface area contributed by atoms with Gasteiger partial charge in [0, 0.05) is 16.9 Å². The Morgan fingerprint density at radius 1 is 1.14 bits per heavy atom. The van der Waals surface area contributed by atoms with Crippen LogP contribution in [0, 0.1) is 13.8 Å². The summed E-state index contributed by atoms with van der Waals surface area (Å²) in [5.74, 6) is -0.235. The van der Waals surface area contributed by atoms with E-state index in [0.717, 1.165) is 11.4 Å². The first-order valence-electron chi connectivity index (χ1n) is 6.68. The third-order valence-corrected chi connectivity index (χ3v) is 3.10. The summed E-state index contributed by atoms with van der Waals surface area (Å²) in [4.78, 5) is 31.7. The summed E-state index contributed by atoms with van der Waals surface area (Å²) in [6.07, 6.45) is 0. The van der Waals surface area contributed by atoms with Gasteiger partial charge in [-0.1, -0.05) is 11.8 Å². The molecule has 0 spiro atoms. The van der Waals surface area contributed by atoms with E-state index >= 15 is 0 Å². The second-order valence-corrected chi connectivity index (χ2v) is 6.74. The van der Waals surface area contributed by atoms with Crippen LogP contribution in [0.15, 0.2) is 11.2 Å². The zero-order valence-electron chi connectivity index (χ0n) is 13.1. The maximum absolute atomic E-state index is 11.7. The standard InChI is InChI=1S/C14H22N4O2S/c1-9-6-10(2)17-13(16-9)21-8-12(20)15-7-11(19)18-14(3,4)5/h6H,7-8H2,1-5H3,(H,15,20)(H,18,19). The number of aryl methyl sites for hydroxylation is 2. The van der Waals surface area contributed by atoms with Crippen LogP contribution in [0.1, 0.15) is 32.2 Å². The summed E-state index contributed by atoms with van der Waals surface area (Å²) in [5, 5.41) is 5.93. The molecule has 2 amide bonds. The number of amides is 2. The molecule has 0 aliphatic heterocycles. The molecule has 21 heavy (non-hydrogen) atoms. The first kappa shape index (κ1) is 17.4. The van der Waals surface area contributed by atoms with E-state index in [1.165, 1.54) is 11.8 Å². The van der Waals surface area contributed by atoms with Gasteiger partial charge in [-0.05, 0) is 40.7 Å². The van der Waals surface area contributed by atoms with E-state index in [-0.39, 0.29) is 29.7 Å². The summed E-state index contributed by atoms with van der Waals surface area (Å²) < 4.78 is 0. The highest BCUT2D eigenvalue weighted by atomic mass is 32.2. The first-order valence-corrected chi connectivity index (χ1v) is 7.67. The fourth-order valence-electron chi connectivity index (χ4n) is 1.58. The van der Waals surface area contributed by atoms with Gasteiger partial charge in [0.1, 0.15) is 0 Å². The van der Waals surface area contributed by atoms with E-state index in [2.05, 4.69) is 20.6 Å². The van der Waals surface area contributed by atoms with Crippen molar-refractivity contribution >= 4 is 23.6 Å². The molecule has 0 atom stereocenters. The fraction of sp³-hybridized carbons (Fsp3) is 0.571. The van der Waals surface area contributed by atoms with Gasteiger partial charge in [0.2, 0.25) is 11.8 Å². The summed E-state index contributed by atoms with van der Waals surface area (Å²) in [6.45, 7) is 9.41. The van der Waals surface area contributed by atoms with Crippen LogP contribution in [-0.4, -0.2) is 39.6 Å². The van der Waals surface area contributed by atoms with E-state index in [1.54, 1.807) is 0 Å². The smallest absolute Gasteiger partial charge is 0.239 e. The largest absolute Gasteiger partial charge is 0.350 e. The molecule has 0 aromatic carbocycles. The Balaban J connectivity index is 2.36. The van der Waals surface area contributed by atoms with Gasteiger partial charge >= 0.3 is 0 Å². The number of thioether (sulfide) groups is 1. The van der Waals surface area contributed by atoms with Crippen molar-refractivity contribution in [1.82, 2.24) is 20.6 Å². The summed E-state index contributed by atoms with van der Waals surface area (Å²) >= 11 is 1.26. The van der Waals surface area contributed by atoms with Crippen molar-refractivity contribution in [3.8, 4) is 0 Å². The van der Waals surface area contributed by atoms with Crippen molar-refractivity contribution in [2.45, 2.75) is 45.3 Å². The summed E-state index contributed by atoms with van der Waals surface area (Å²) in [7, 11) is 0. The average molecular weight is 310 g/mol. The number of hydrogen-bond acceptors (Lipinski definition) is 5. The molecule has 0 aliphatic carbocycles. The molecule has 1 rings (SSSR count). The van der Waals surface area contributed by atoms with Gasteiger partial charge < -0.3 is 10.6 Å². The Kier molecular flexibility index (Phi) is 6.14. The number of carbonyl (C=O) groups is 2. The Hall–Kier alpha value is -1.63. The van der Waals surface area contributed by atoms with Crippen LogP contribution in [0.25, 0.3) is 0 Å². The van der Waals surface area contributed by atoms with Crippen LogP contribution in [0.5, 0.6) is 0 Å². The summed E-state index contributed by atoms with van der Waals surface area (Å²) in [6, 6.07) is 1.88. The van der Waals surface area contributed by atoms with Crippen molar-refractivity contribution in [3.05, 3.63) is 17.5 Å². The minimum atomic E-state index is -0.302. The van der Waals surface area contributed by atoms with Gasteiger partial charge in [-0.15, -0.1) is 0 Å². The third kappa shape index (κ3) is 7.65. The minimum Gasteiger partial charge on any atom is -0.350 e. The SMILES string of the molecule is Cc1cc(C)nc(SCC(=O)NCC(=O)NC(C)(C)C)n1. The van der Waals surface area contributed by atoms with Crippen LogP contribution in [0.2, 0.25) is 0 Å². The molecule has 0 bridgehead atoms. The lowest BCUT2D eigenvalue weighted by molar-refractivity contribution is -0.125. The van der Waals surface area contributed by atoms with E-state index in [4.69, 9.17) is 0 Å². The van der Waals surface area contributed by atoms with Crippen molar-refractivity contribution in [2.75, 3.05) is 12.3 Å². The Morgan fingerprint density at radius 2 is 1.71 bits per heavy atom. The number of nitrogens with zero attached hydrogens (tertiary/aromatic N) is 2. The van der Waals surface area contributed by atoms with Gasteiger partial charge in [-0.25, -0.2) is 9.97 Å². The highest BCUT2D eigenvalue weighted by Crippen LogP contribution is 2.13. The van der Waals surface area contributed by atoms with E-state index < -0.39 is 0 Å². The molecule has 1 aromatic heterocycles. The molecule has 0 saturated carbocycles. The Labute approximate surface area is 129 Å². The van der Waals surface area contributed by atoms with Gasteiger partial charge in [0.25, 0.3) is 0 Å². The average Bonchev–Trinajstić information content (AvgIpc) is 2.30. The van der Waals surface area contributed by atoms with Gasteiger partial charge in [0.05, 0.1) is 12.3 Å². The molecule has 0 radical (unpaired) electrons. The lowest BCUT2D eigenvalue weighted by atomic mass is 10.1. The fourth-order valence-corrected chi connectivity index (χ4v) is 2.36. The number of aromatic nitrogens is 2. The van der Waals surface area contributed by atoms with Gasteiger partial charge in [0.15, 0.2) is 5.16 Å². The molecule has 1 heterocycles. The van der Waals surface area contributed by atoms with E-state index in [0.29, 0.717) is 5.16 Å². The quantitative estimate of drug-likeness (QED) is 0.631. The zero-order valence-corrected chi connectivity index (χ0v) is 13.9. The molecule has 116 valence electrons. The van der Waals surface area contributed by atoms with E-state index in [9.17, 15) is 9.59 Å². The van der Waals surface area contributed by atoms with E-state index in [1.807, 2.05) is 40.7 Å². The first-order chi connectivity index (χ1) is 9.65. The van der Waals surface area contributed by atoms with Crippen molar-refractivity contribution in [2.24, 2.45) is 0 Å². The van der Waals surface area contributed by atoms with Crippen LogP contribution >= 0.6 is 11.8 Å². The normalized spacial score (nSPS) is 11.1. The third-order valence-electron chi connectivity index (χ3n) is 2.25. The molecule has 0 saturated heterocycles. The Morgan fingerprint density at radius 3 is 2.24 bits per heavy atom. The highest BCUT2D eigenvalue weighted by molar-refractivity contribution is 7.99. The summed E-state index contributed by atoms with van der Waals surface area (Å²) in [5.41, 5.74) is 1.44. The van der Waals surface area contributed by atoms with Crippen LogP contribution < -0.4 is 10.6 Å². The molecule has 7 heteroatoms. The number of hydrogen-bond donors (Lipinski definition) is 2. The molecular formula is C14H22N4O2S.